The monoisotopic (exact) mass is 391 g/mol. The Labute approximate surface area is 170 Å². The van der Waals surface area contributed by atoms with E-state index in [0.29, 0.717) is 5.92 Å². The summed E-state index contributed by atoms with van der Waals surface area (Å²) in [5.41, 5.74) is 3.46. The second-order valence-electron chi connectivity index (χ2n) is 7.49. The zero-order chi connectivity index (χ0) is 20.1. The third-order valence-corrected chi connectivity index (χ3v) is 5.44. The fraction of sp³-hybridized carbons (Fsp3) is 0.348. The quantitative estimate of drug-likeness (QED) is 0.817. The number of nitrogens with zero attached hydrogens (tertiary/aromatic N) is 1. The molecule has 1 heterocycles. The van der Waals surface area contributed by atoms with Gasteiger partial charge in [0.25, 0.3) is 5.91 Å². The Hall–Kier alpha value is -3.15. The van der Waals surface area contributed by atoms with E-state index in [0.717, 1.165) is 48.2 Å². The third kappa shape index (κ3) is 4.65. The molecule has 1 unspecified atom stereocenters. The van der Waals surface area contributed by atoms with Gasteiger partial charge in [0.2, 0.25) is 6.17 Å². The molecular formula is C23H25N3O3. The molecule has 2 N–H and O–H groups in total. The lowest BCUT2D eigenvalue weighted by atomic mass is 9.83. The Morgan fingerprint density at radius 1 is 1.03 bits per heavy atom. The Morgan fingerprint density at radius 3 is 2.55 bits per heavy atom. The van der Waals surface area contributed by atoms with Crippen LogP contribution in [0, 0.1) is 5.92 Å². The summed E-state index contributed by atoms with van der Waals surface area (Å²) in [7, 11) is 0. The van der Waals surface area contributed by atoms with E-state index in [1.807, 2.05) is 54.6 Å². The van der Waals surface area contributed by atoms with Crippen molar-refractivity contribution >= 4 is 23.4 Å². The van der Waals surface area contributed by atoms with Gasteiger partial charge in [-0.15, -0.1) is 0 Å². The number of fused-ring (bicyclic) bond motifs is 1. The maximum absolute atomic E-state index is 12.7. The molecule has 150 valence electrons. The average molecular weight is 391 g/mol. The van der Waals surface area contributed by atoms with Crippen molar-refractivity contribution in [3.05, 3.63) is 65.7 Å². The Morgan fingerprint density at radius 2 is 1.76 bits per heavy atom. The summed E-state index contributed by atoms with van der Waals surface area (Å²) in [4.78, 5) is 29.8. The minimum Gasteiger partial charge on any atom is -0.445 e. The number of hydrogen-bond acceptors (Lipinski definition) is 4. The lowest BCUT2D eigenvalue weighted by molar-refractivity contribution is -0.117. The number of aliphatic imine (C=N–C) groups is 1. The van der Waals surface area contributed by atoms with Crippen LogP contribution in [0.25, 0.3) is 0 Å². The van der Waals surface area contributed by atoms with E-state index in [-0.39, 0.29) is 12.5 Å². The maximum Gasteiger partial charge on any atom is 0.409 e. The SMILES string of the molecule is O=C(NC1N=C(C2CCCCC2)c2ccccc2NC1=O)OCc1ccccc1. The molecule has 0 radical (unpaired) electrons. The van der Waals surface area contributed by atoms with E-state index in [1.54, 1.807) is 0 Å². The first-order chi connectivity index (χ1) is 14.2. The highest BCUT2D eigenvalue weighted by Gasteiger charge is 2.30. The van der Waals surface area contributed by atoms with Crippen LogP contribution in [0.15, 0.2) is 59.6 Å². The highest BCUT2D eigenvalue weighted by atomic mass is 16.5. The van der Waals surface area contributed by atoms with E-state index >= 15 is 0 Å². The number of alkyl carbamates (subject to hydrolysis) is 1. The van der Waals surface area contributed by atoms with Crippen LogP contribution in [0.2, 0.25) is 0 Å². The molecular weight excluding hydrogens is 366 g/mol. The van der Waals surface area contributed by atoms with Gasteiger partial charge in [-0.2, -0.15) is 0 Å². The summed E-state index contributed by atoms with van der Waals surface area (Å²) in [6.45, 7) is 0.139. The largest absolute Gasteiger partial charge is 0.445 e. The molecule has 6 nitrogen and oxygen atoms in total. The molecule has 1 aliphatic heterocycles. The number of nitrogens with one attached hydrogen (secondary N) is 2. The molecule has 0 saturated heterocycles. The molecule has 0 aromatic heterocycles. The first kappa shape index (κ1) is 19.2. The molecule has 1 saturated carbocycles. The van der Waals surface area contributed by atoms with Crippen molar-refractivity contribution in [2.45, 2.75) is 44.9 Å². The summed E-state index contributed by atoms with van der Waals surface area (Å²) in [5, 5.41) is 5.52. The van der Waals surface area contributed by atoms with E-state index in [2.05, 4.69) is 10.6 Å². The highest BCUT2D eigenvalue weighted by Crippen LogP contribution is 2.31. The third-order valence-electron chi connectivity index (χ3n) is 5.44. The first-order valence-electron chi connectivity index (χ1n) is 10.2. The van der Waals surface area contributed by atoms with Crippen LogP contribution in [0.3, 0.4) is 0 Å². The summed E-state index contributed by atoms with van der Waals surface area (Å²) in [6, 6.07) is 17.1. The average Bonchev–Trinajstić information content (AvgIpc) is 2.90. The van der Waals surface area contributed by atoms with Gasteiger partial charge in [0.1, 0.15) is 6.61 Å². The second kappa shape index (κ2) is 8.90. The van der Waals surface area contributed by atoms with Crippen LogP contribution in [0.1, 0.15) is 43.2 Å². The van der Waals surface area contributed by atoms with Gasteiger partial charge in [-0.1, -0.05) is 67.8 Å². The normalized spacial score (nSPS) is 19.4. The fourth-order valence-corrected chi connectivity index (χ4v) is 3.96. The molecule has 2 aromatic rings. The molecule has 2 amide bonds. The zero-order valence-electron chi connectivity index (χ0n) is 16.3. The predicted molar refractivity (Wildman–Crippen MR) is 112 cm³/mol. The minimum atomic E-state index is -1.01. The molecule has 0 spiro atoms. The Bertz CT molecular complexity index is 905. The number of rotatable bonds is 4. The van der Waals surface area contributed by atoms with E-state index in [9.17, 15) is 9.59 Å². The molecule has 2 aliphatic rings. The number of para-hydroxylation sites is 1. The van der Waals surface area contributed by atoms with Crippen molar-refractivity contribution in [2.24, 2.45) is 10.9 Å². The molecule has 1 atom stereocenters. The number of benzodiazepines with no additional fused rings is 1. The lowest BCUT2D eigenvalue weighted by Crippen LogP contribution is -2.42. The first-order valence-corrected chi connectivity index (χ1v) is 10.2. The maximum atomic E-state index is 12.7. The van der Waals surface area contributed by atoms with Gasteiger partial charge in [-0.25, -0.2) is 4.79 Å². The summed E-state index contributed by atoms with van der Waals surface area (Å²) >= 11 is 0. The van der Waals surface area contributed by atoms with E-state index < -0.39 is 12.3 Å². The molecule has 6 heteroatoms. The van der Waals surface area contributed by atoms with Crippen molar-refractivity contribution in [1.29, 1.82) is 0 Å². The predicted octanol–water partition coefficient (Wildman–Crippen LogP) is 4.26. The van der Waals surface area contributed by atoms with Crippen LogP contribution in [0.5, 0.6) is 0 Å². The van der Waals surface area contributed by atoms with Crippen molar-refractivity contribution < 1.29 is 14.3 Å². The number of benzene rings is 2. The molecule has 4 rings (SSSR count). The Kier molecular flexibility index (Phi) is 5.89. The smallest absolute Gasteiger partial charge is 0.409 e. The molecule has 1 fully saturated rings. The number of carbonyl (C=O) groups excluding carboxylic acids is 2. The number of carbonyl (C=O) groups is 2. The standard InChI is InChI=1S/C23H25N3O3/c27-22-21(26-23(28)29-15-16-9-3-1-4-10-16)25-20(17-11-5-2-6-12-17)18-13-7-8-14-19(18)24-22/h1,3-4,7-10,13-14,17,21H,2,5-6,11-12,15H2,(H,24,27)(H,26,28). The van der Waals surface area contributed by atoms with Gasteiger partial charge < -0.3 is 10.1 Å². The van der Waals surface area contributed by atoms with Crippen molar-refractivity contribution in [3.8, 4) is 0 Å². The summed E-state index contributed by atoms with van der Waals surface area (Å²) in [5.74, 6) is -0.0674. The van der Waals surface area contributed by atoms with Crippen LogP contribution in [0.4, 0.5) is 10.5 Å². The van der Waals surface area contributed by atoms with Gasteiger partial charge in [0.05, 0.1) is 5.71 Å². The number of anilines is 1. The van der Waals surface area contributed by atoms with Crippen LogP contribution in [-0.4, -0.2) is 23.9 Å². The summed E-state index contributed by atoms with van der Waals surface area (Å²) in [6.07, 6.45) is 3.97. The molecule has 0 bridgehead atoms. The van der Waals surface area contributed by atoms with Crippen molar-refractivity contribution in [2.75, 3.05) is 5.32 Å². The van der Waals surface area contributed by atoms with Gasteiger partial charge in [0.15, 0.2) is 0 Å². The number of amides is 2. The zero-order valence-corrected chi connectivity index (χ0v) is 16.3. The topological polar surface area (TPSA) is 79.8 Å². The molecule has 1 aliphatic carbocycles. The number of hydrogen-bond donors (Lipinski definition) is 2. The highest BCUT2D eigenvalue weighted by molar-refractivity contribution is 6.13. The van der Waals surface area contributed by atoms with Gasteiger partial charge >= 0.3 is 6.09 Å². The van der Waals surface area contributed by atoms with Gasteiger partial charge in [-0.05, 0) is 24.5 Å². The van der Waals surface area contributed by atoms with Crippen LogP contribution < -0.4 is 10.6 Å². The molecule has 29 heavy (non-hydrogen) atoms. The molecule has 2 aromatic carbocycles. The van der Waals surface area contributed by atoms with Gasteiger partial charge in [0, 0.05) is 17.2 Å². The Balaban J connectivity index is 1.52. The van der Waals surface area contributed by atoms with E-state index in [4.69, 9.17) is 9.73 Å². The fourth-order valence-electron chi connectivity index (χ4n) is 3.96. The second-order valence-corrected chi connectivity index (χ2v) is 7.49. The summed E-state index contributed by atoms with van der Waals surface area (Å²) < 4.78 is 5.28. The van der Waals surface area contributed by atoms with Gasteiger partial charge in [-0.3, -0.25) is 15.1 Å². The van der Waals surface area contributed by atoms with E-state index in [1.165, 1.54) is 6.42 Å². The van der Waals surface area contributed by atoms with Crippen molar-refractivity contribution in [1.82, 2.24) is 5.32 Å². The minimum absolute atomic E-state index is 0.139. The lowest BCUT2D eigenvalue weighted by Gasteiger charge is -2.24. The van der Waals surface area contributed by atoms with Crippen LogP contribution in [-0.2, 0) is 16.1 Å². The van der Waals surface area contributed by atoms with Crippen molar-refractivity contribution in [3.63, 3.8) is 0 Å². The number of ether oxygens (including phenoxy) is 1. The van der Waals surface area contributed by atoms with Crippen LogP contribution >= 0.6 is 0 Å².